The molecular formula is C15H16Cl2N2S. The minimum atomic E-state index is 0.443. The molecule has 5 heteroatoms. The zero-order valence-corrected chi connectivity index (χ0v) is 13.7. The molecule has 0 aliphatic carbocycles. The number of nitrogens with one attached hydrogen (secondary N) is 1. The van der Waals surface area contributed by atoms with Crippen molar-refractivity contribution in [1.82, 2.24) is 10.3 Å². The first kappa shape index (κ1) is 15.6. The Bertz CT molecular complexity index is 588. The summed E-state index contributed by atoms with van der Waals surface area (Å²) >= 11 is 13.6. The van der Waals surface area contributed by atoms with Gasteiger partial charge in [-0.25, -0.2) is 4.98 Å². The van der Waals surface area contributed by atoms with Crippen molar-refractivity contribution >= 4 is 35.0 Å². The van der Waals surface area contributed by atoms with Gasteiger partial charge >= 0.3 is 0 Å². The van der Waals surface area contributed by atoms with E-state index in [1.165, 1.54) is 5.56 Å². The third kappa shape index (κ3) is 4.38. The molecule has 2 nitrogen and oxygen atoms in total. The molecule has 1 aromatic carbocycles. The summed E-state index contributed by atoms with van der Waals surface area (Å²) in [6.45, 7) is 5.06. The van der Waals surface area contributed by atoms with E-state index in [1.54, 1.807) is 24.0 Å². The molecule has 0 bridgehead atoms. The van der Waals surface area contributed by atoms with Gasteiger partial charge in [0.05, 0.1) is 10.0 Å². The summed E-state index contributed by atoms with van der Waals surface area (Å²) in [5.41, 5.74) is 1.18. The van der Waals surface area contributed by atoms with E-state index in [-0.39, 0.29) is 0 Å². The topological polar surface area (TPSA) is 24.9 Å². The number of aromatic nitrogens is 1. The van der Waals surface area contributed by atoms with E-state index in [9.17, 15) is 0 Å². The van der Waals surface area contributed by atoms with Crippen LogP contribution in [0, 0.1) is 0 Å². The number of rotatable bonds is 5. The second kappa shape index (κ2) is 7.32. The van der Waals surface area contributed by atoms with Crippen LogP contribution in [-0.2, 0) is 6.54 Å². The Hall–Kier alpha value is -0.740. The molecule has 0 atom stereocenters. The van der Waals surface area contributed by atoms with Gasteiger partial charge < -0.3 is 5.32 Å². The highest BCUT2D eigenvalue weighted by Crippen LogP contribution is 2.33. The lowest BCUT2D eigenvalue weighted by Crippen LogP contribution is -2.22. The maximum absolute atomic E-state index is 6.04. The first-order valence-electron chi connectivity index (χ1n) is 6.36. The van der Waals surface area contributed by atoms with E-state index in [1.807, 2.05) is 18.2 Å². The van der Waals surface area contributed by atoms with Gasteiger partial charge in [0.1, 0.15) is 5.03 Å². The first-order chi connectivity index (χ1) is 9.56. The minimum Gasteiger partial charge on any atom is -0.310 e. The van der Waals surface area contributed by atoms with Crippen molar-refractivity contribution in [1.29, 1.82) is 0 Å². The normalized spacial score (nSPS) is 11.1. The van der Waals surface area contributed by atoms with Crippen molar-refractivity contribution in [2.24, 2.45) is 0 Å². The molecule has 0 unspecified atom stereocenters. The molecule has 2 aromatic rings. The fourth-order valence-electron chi connectivity index (χ4n) is 1.62. The Labute approximate surface area is 133 Å². The predicted octanol–water partition coefficient (Wildman–Crippen LogP) is 5.04. The maximum Gasteiger partial charge on any atom is 0.105 e. The maximum atomic E-state index is 6.04. The Morgan fingerprint density at radius 2 is 2.00 bits per heavy atom. The molecule has 0 aliphatic heterocycles. The smallest absolute Gasteiger partial charge is 0.105 e. The van der Waals surface area contributed by atoms with Crippen LogP contribution in [0.25, 0.3) is 0 Å². The molecule has 1 N–H and O–H groups in total. The number of hydrogen-bond donors (Lipinski definition) is 1. The van der Waals surface area contributed by atoms with E-state index in [0.717, 1.165) is 16.5 Å². The van der Waals surface area contributed by atoms with Crippen LogP contribution in [0.2, 0.25) is 10.0 Å². The summed E-state index contributed by atoms with van der Waals surface area (Å²) in [6.07, 6.45) is 1.80. The summed E-state index contributed by atoms with van der Waals surface area (Å²) in [6, 6.07) is 10.1. The molecule has 0 saturated carbocycles. The molecule has 2 rings (SSSR count). The van der Waals surface area contributed by atoms with Gasteiger partial charge in [0.15, 0.2) is 0 Å². The third-order valence-corrected chi connectivity index (χ3v) is 4.45. The van der Waals surface area contributed by atoms with Gasteiger partial charge in [-0.2, -0.15) is 0 Å². The molecule has 1 heterocycles. The van der Waals surface area contributed by atoms with Crippen LogP contribution >= 0.6 is 35.0 Å². The van der Waals surface area contributed by atoms with Crippen LogP contribution in [0.3, 0.4) is 0 Å². The number of pyridine rings is 1. The van der Waals surface area contributed by atoms with Crippen LogP contribution in [0.5, 0.6) is 0 Å². The molecule has 0 radical (unpaired) electrons. The van der Waals surface area contributed by atoms with Crippen LogP contribution in [0.1, 0.15) is 19.4 Å². The lowest BCUT2D eigenvalue weighted by Gasteiger charge is -2.11. The van der Waals surface area contributed by atoms with Gasteiger partial charge in [0.2, 0.25) is 0 Å². The second-order valence-corrected chi connectivity index (χ2v) is 6.56. The number of benzene rings is 1. The van der Waals surface area contributed by atoms with Crippen molar-refractivity contribution in [2.75, 3.05) is 0 Å². The van der Waals surface area contributed by atoms with Gasteiger partial charge in [0, 0.05) is 23.7 Å². The lowest BCUT2D eigenvalue weighted by atomic mass is 10.2. The molecule has 0 spiro atoms. The van der Waals surface area contributed by atoms with Gasteiger partial charge in [-0.1, -0.05) is 54.9 Å². The monoisotopic (exact) mass is 326 g/mol. The molecule has 0 saturated heterocycles. The zero-order chi connectivity index (χ0) is 14.5. The molecule has 20 heavy (non-hydrogen) atoms. The summed E-state index contributed by atoms with van der Waals surface area (Å²) in [5.74, 6) is 0. The Morgan fingerprint density at radius 3 is 2.70 bits per heavy atom. The Morgan fingerprint density at radius 1 is 1.20 bits per heavy atom. The number of hydrogen-bond acceptors (Lipinski definition) is 3. The van der Waals surface area contributed by atoms with E-state index >= 15 is 0 Å². The number of nitrogens with zero attached hydrogens (tertiary/aromatic N) is 1. The Kier molecular flexibility index (Phi) is 5.73. The van der Waals surface area contributed by atoms with E-state index in [2.05, 4.69) is 30.2 Å². The van der Waals surface area contributed by atoms with E-state index < -0.39 is 0 Å². The molecule has 106 valence electrons. The largest absolute Gasteiger partial charge is 0.310 e. The quantitative estimate of drug-likeness (QED) is 0.833. The molecule has 0 fully saturated rings. The van der Waals surface area contributed by atoms with Crippen molar-refractivity contribution < 1.29 is 0 Å². The van der Waals surface area contributed by atoms with E-state index in [0.29, 0.717) is 16.1 Å². The van der Waals surface area contributed by atoms with Crippen LogP contribution in [0.15, 0.2) is 46.5 Å². The van der Waals surface area contributed by atoms with Crippen LogP contribution in [-0.4, -0.2) is 11.0 Å². The fourth-order valence-corrected chi connectivity index (χ4v) is 2.90. The molecule has 0 aliphatic rings. The highest BCUT2D eigenvalue weighted by molar-refractivity contribution is 7.99. The highest BCUT2D eigenvalue weighted by Gasteiger charge is 2.07. The van der Waals surface area contributed by atoms with Crippen LogP contribution < -0.4 is 5.32 Å². The summed E-state index contributed by atoms with van der Waals surface area (Å²) < 4.78 is 0. The van der Waals surface area contributed by atoms with Gasteiger partial charge in [-0.3, -0.25) is 0 Å². The Balaban J connectivity index is 2.17. The van der Waals surface area contributed by atoms with Gasteiger partial charge in [-0.15, -0.1) is 0 Å². The standard InChI is InChI=1S/C15H16Cl2N2S/c1-10(2)19-9-11-4-3-7-18-15(11)20-12-5-6-13(16)14(17)8-12/h3-8,10,19H,9H2,1-2H3. The zero-order valence-electron chi connectivity index (χ0n) is 11.4. The summed E-state index contributed by atoms with van der Waals surface area (Å²) in [7, 11) is 0. The van der Waals surface area contributed by atoms with Crippen LogP contribution in [0.4, 0.5) is 0 Å². The van der Waals surface area contributed by atoms with Gasteiger partial charge in [0.25, 0.3) is 0 Å². The lowest BCUT2D eigenvalue weighted by molar-refractivity contribution is 0.582. The number of halogens is 2. The average molecular weight is 327 g/mol. The van der Waals surface area contributed by atoms with Crippen molar-refractivity contribution in [2.45, 2.75) is 36.4 Å². The van der Waals surface area contributed by atoms with Gasteiger partial charge in [-0.05, 0) is 29.8 Å². The van der Waals surface area contributed by atoms with E-state index in [4.69, 9.17) is 23.2 Å². The molecule has 1 aromatic heterocycles. The molecular weight excluding hydrogens is 311 g/mol. The molecule has 0 amide bonds. The fraction of sp³-hybridized carbons (Fsp3) is 0.267. The first-order valence-corrected chi connectivity index (χ1v) is 7.93. The SMILES string of the molecule is CC(C)NCc1cccnc1Sc1ccc(Cl)c(Cl)c1. The predicted molar refractivity (Wildman–Crippen MR) is 86.8 cm³/mol. The summed E-state index contributed by atoms with van der Waals surface area (Å²) in [4.78, 5) is 5.48. The second-order valence-electron chi connectivity index (χ2n) is 4.68. The highest BCUT2D eigenvalue weighted by atomic mass is 35.5. The average Bonchev–Trinajstić information content (AvgIpc) is 2.42. The van der Waals surface area contributed by atoms with Crippen molar-refractivity contribution in [3.8, 4) is 0 Å². The summed E-state index contributed by atoms with van der Waals surface area (Å²) in [5, 5.41) is 5.53. The van der Waals surface area contributed by atoms with Crippen molar-refractivity contribution in [3.05, 3.63) is 52.1 Å². The third-order valence-electron chi connectivity index (χ3n) is 2.66. The minimum absolute atomic E-state index is 0.443. The van der Waals surface area contributed by atoms with Crippen molar-refractivity contribution in [3.63, 3.8) is 0 Å².